The molecule has 0 amide bonds. The number of halogens is 1. The summed E-state index contributed by atoms with van der Waals surface area (Å²) in [7, 11) is 0. The van der Waals surface area contributed by atoms with Crippen LogP contribution in [0.3, 0.4) is 0 Å². The van der Waals surface area contributed by atoms with E-state index in [1.165, 1.54) is 4.88 Å². The Hall–Kier alpha value is -0.350. The second-order valence-electron chi connectivity index (χ2n) is 3.11. The highest BCUT2D eigenvalue weighted by Gasteiger charge is 2.09. The zero-order valence-electron chi connectivity index (χ0n) is 7.29. The van der Waals surface area contributed by atoms with E-state index in [0.29, 0.717) is 0 Å². The van der Waals surface area contributed by atoms with Crippen molar-refractivity contribution >= 4 is 33.2 Å². The second-order valence-corrected chi connectivity index (χ2v) is 5.66. The molecular formula is C9H11BrO2S. The summed E-state index contributed by atoms with van der Waals surface area (Å²) >= 11 is 5.04. The molecule has 0 aliphatic carbocycles. The largest absolute Gasteiger partial charge is 0.481 e. The van der Waals surface area contributed by atoms with E-state index in [1.54, 1.807) is 11.3 Å². The van der Waals surface area contributed by atoms with Gasteiger partial charge in [-0.15, -0.1) is 11.3 Å². The quantitative estimate of drug-likeness (QED) is 0.905. The zero-order valence-corrected chi connectivity index (χ0v) is 9.69. The third kappa shape index (κ3) is 3.91. The molecule has 2 nitrogen and oxygen atoms in total. The number of rotatable bonds is 4. The summed E-state index contributed by atoms with van der Waals surface area (Å²) in [5, 5.41) is 8.56. The summed E-state index contributed by atoms with van der Waals surface area (Å²) in [5.74, 6) is -0.508. The molecule has 72 valence electrons. The fourth-order valence-electron chi connectivity index (χ4n) is 1.18. The minimum atomic E-state index is -0.719. The molecule has 4 heteroatoms. The van der Waals surface area contributed by atoms with Crippen LogP contribution in [0.4, 0.5) is 0 Å². The monoisotopic (exact) mass is 262 g/mol. The molecule has 13 heavy (non-hydrogen) atoms. The van der Waals surface area contributed by atoms with E-state index in [9.17, 15) is 4.79 Å². The summed E-state index contributed by atoms with van der Waals surface area (Å²) in [5.41, 5.74) is 0. The highest BCUT2D eigenvalue weighted by Crippen LogP contribution is 2.24. The summed E-state index contributed by atoms with van der Waals surface area (Å²) < 4.78 is 1.10. The van der Waals surface area contributed by atoms with Gasteiger partial charge in [0.15, 0.2) is 0 Å². The molecule has 0 spiro atoms. The summed E-state index contributed by atoms with van der Waals surface area (Å²) in [4.78, 5) is 11.6. The molecule has 1 aromatic rings. The number of carbonyl (C=O) groups is 1. The van der Waals surface area contributed by atoms with E-state index in [-0.39, 0.29) is 12.3 Å². The van der Waals surface area contributed by atoms with E-state index < -0.39 is 5.97 Å². The highest BCUT2D eigenvalue weighted by molar-refractivity contribution is 9.11. The van der Waals surface area contributed by atoms with Crippen molar-refractivity contribution in [2.24, 2.45) is 5.92 Å². The fourth-order valence-corrected chi connectivity index (χ4v) is 2.82. The van der Waals surface area contributed by atoms with Crippen LogP contribution in [0.15, 0.2) is 15.9 Å². The predicted octanol–water partition coefficient (Wildman–Crippen LogP) is 3.16. The van der Waals surface area contributed by atoms with E-state index in [2.05, 4.69) is 15.9 Å². The lowest BCUT2D eigenvalue weighted by Gasteiger charge is -2.05. The van der Waals surface area contributed by atoms with E-state index >= 15 is 0 Å². The molecular weight excluding hydrogens is 252 g/mol. The van der Waals surface area contributed by atoms with Crippen LogP contribution >= 0.6 is 27.3 Å². The standard InChI is InChI=1S/C9H11BrO2S/c1-6(5-9(11)12)4-7-2-3-8(10)13-7/h2-3,6H,4-5H2,1H3,(H,11,12). The maximum absolute atomic E-state index is 10.4. The molecule has 0 saturated heterocycles. The van der Waals surface area contributed by atoms with E-state index in [0.717, 1.165) is 10.2 Å². The van der Waals surface area contributed by atoms with Gasteiger partial charge in [-0.3, -0.25) is 4.79 Å². The lowest BCUT2D eigenvalue weighted by Crippen LogP contribution is -2.05. The molecule has 0 bridgehead atoms. The van der Waals surface area contributed by atoms with Crippen molar-refractivity contribution in [3.63, 3.8) is 0 Å². The Balaban J connectivity index is 2.44. The lowest BCUT2D eigenvalue weighted by molar-refractivity contribution is -0.137. The maximum Gasteiger partial charge on any atom is 0.303 e. The molecule has 1 N–H and O–H groups in total. The van der Waals surface area contributed by atoms with Crippen LogP contribution < -0.4 is 0 Å². The topological polar surface area (TPSA) is 37.3 Å². The van der Waals surface area contributed by atoms with Crippen LogP contribution in [0.25, 0.3) is 0 Å². The summed E-state index contributed by atoms with van der Waals surface area (Å²) in [6.07, 6.45) is 1.10. The first-order chi connectivity index (χ1) is 6.08. The van der Waals surface area contributed by atoms with Gasteiger partial charge < -0.3 is 5.11 Å². The van der Waals surface area contributed by atoms with E-state index in [4.69, 9.17) is 5.11 Å². The van der Waals surface area contributed by atoms with Crippen molar-refractivity contribution in [2.45, 2.75) is 19.8 Å². The molecule has 0 aliphatic rings. The molecule has 1 rings (SSSR count). The van der Waals surface area contributed by atoms with Gasteiger partial charge in [0.2, 0.25) is 0 Å². The zero-order chi connectivity index (χ0) is 9.84. The van der Waals surface area contributed by atoms with Crippen molar-refractivity contribution in [2.75, 3.05) is 0 Å². The Morgan fingerprint density at radius 3 is 2.85 bits per heavy atom. The maximum atomic E-state index is 10.4. The number of thiophene rings is 1. The molecule has 0 saturated carbocycles. The Morgan fingerprint density at radius 1 is 1.69 bits per heavy atom. The Kier molecular flexibility index (Phi) is 3.93. The van der Waals surface area contributed by atoms with Crippen molar-refractivity contribution in [1.82, 2.24) is 0 Å². The summed E-state index contributed by atoms with van der Waals surface area (Å²) in [6.45, 7) is 1.96. The van der Waals surface area contributed by atoms with Crippen molar-refractivity contribution in [1.29, 1.82) is 0 Å². The normalized spacial score (nSPS) is 12.8. The first-order valence-corrected chi connectivity index (χ1v) is 5.65. The number of carboxylic acids is 1. The van der Waals surface area contributed by atoms with Gasteiger partial charge in [-0.1, -0.05) is 6.92 Å². The Labute approximate surface area is 89.7 Å². The highest BCUT2D eigenvalue weighted by atomic mass is 79.9. The Morgan fingerprint density at radius 2 is 2.38 bits per heavy atom. The summed E-state index contributed by atoms with van der Waals surface area (Å²) in [6, 6.07) is 4.03. The number of hydrogen-bond donors (Lipinski definition) is 1. The SMILES string of the molecule is CC(CC(=O)O)Cc1ccc(Br)s1. The van der Waals surface area contributed by atoms with Crippen LogP contribution in [0, 0.1) is 5.92 Å². The van der Waals surface area contributed by atoms with Gasteiger partial charge >= 0.3 is 5.97 Å². The first kappa shape index (κ1) is 10.7. The molecule has 1 unspecified atom stereocenters. The van der Waals surface area contributed by atoms with Gasteiger partial charge in [-0.2, -0.15) is 0 Å². The molecule has 0 radical (unpaired) electrons. The molecule has 1 aromatic heterocycles. The van der Waals surface area contributed by atoms with Crippen LogP contribution in [0.5, 0.6) is 0 Å². The van der Waals surface area contributed by atoms with Crippen LogP contribution in [-0.4, -0.2) is 11.1 Å². The predicted molar refractivity (Wildman–Crippen MR) is 57.1 cm³/mol. The van der Waals surface area contributed by atoms with Crippen LogP contribution in [0.2, 0.25) is 0 Å². The average Bonchev–Trinajstić information content (AvgIpc) is 2.33. The average molecular weight is 263 g/mol. The lowest BCUT2D eigenvalue weighted by atomic mass is 10.0. The van der Waals surface area contributed by atoms with Gasteiger partial charge in [-0.05, 0) is 40.4 Å². The molecule has 1 atom stereocenters. The van der Waals surface area contributed by atoms with E-state index in [1.807, 2.05) is 19.1 Å². The van der Waals surface area contributed by atoms with Gasteiger partial charge in [0.1, 0.15) is 0 Å². The molecule has 0 aromatic carbocycles. The van der Waals surface area contributed by atoms with Gasteiger partial charge in [0.05, 0.1) is 3.79 Å². The van der Waals surface area contributed by atoms with Crippen LogP contribution in [0.1, 0.15) is 18.2 Å². The smallest absolute Gasteiger partial charge is 0.303 e. The molecule has 0 fully saturated rings. The van der Waals surface area contributed by atoms with Crippen molar-refractivity contribution in [3.8, 4) is 0 Å². The number of carboxylic acid groups (broad SMARTS) is 1. The van der Waals surface area contributed by atoms with Crippen molar-refractivity contribution in [3.05, 3.63) is 20.8 Å². The Bertz CT molecular complexity index is 296. The third-order valence-corrected chi connectivity index (χ3v) is 3.35. The third-order valence-electron chi connectivity index (χ3n) is 1.70. The van der Waals surface area contributed by atoms with Gasteiger partial charge in [-0.25, -0.2) is 0 Å². The van der Waals surface area contributed by atoms with Gasteiger partial charge in [0.25, 0.3) is 0 Å². The van der Waals surface area contributed by atoms with Gasteiger partial charge in [0, 0.05) is 11.3 Å². The number of hydrogen-bond acceptors (Lipinski definition) is 2. The second kappa shape index (κ2) is 4.77. The first-order valence-electron chi connectivity index (χ1n) is 4.04. The molecule has 1 heterocycles. The minimum Gasteiger partial charge on any atom is -0.481 e. The minimum absolute atomic E-state index is 0.211. The number of aliphatic carboxylic acids is 1. The van der Waals surface area contributed by atoms with Crippen molar-refractivity contribution < 1.29 is 9.90 Å². The fraction of sp³-hybridized carbons (Fsp3) is 0.444. The molecule has 0 aliphatic heterocycles. The van der Waals surface area contributed by atoms with Crippen LogP contribution in [-0.2, 0) is 11.2 Å².